The fourth-order valence-corrected chi connectivity index (χ4v) is 4.43. The monoisotopic (exact) mass is 427 g/mol. The van der Waals surface area contributed by atoms with Crippen molar-refractivity contribution in [1.82, 2.24) is 0 Å². The van der Waals surface area contributed by atoms with Crippen molar-refractivity contribution < 1.29 is 14.8 Å². The number of amidine groups is 2. The standard InChI is InChI=1S/C16H18FN5O2S3/c17-11-1-3-13(9(5-11)7-25-15(18)19)27-14-4-2-12(22(23)24)6-10(14)8-26-16(20)21/h1-6,22-23H,7-8H2,(H3,18,19)(H3,20,21). The van der Waals surface area contributed by atoms with E-state index in [0.29, 0.717) is 17.1 Å². The Hall–Kier alpha value is -1.76. The highest BCUT2D eigenvalue weighted by molar-refractivity contribution is 8.13. The molecule has 1 unspecified atom stereocenters. The summed E-state index contributed by atoms with van der Waals surface area (Å²) in [6, 6.07) is 9.13. The number of nitrogens with two attached hydrogens (primary N) is 2. The largest absolute Gasteiger partial charge is 0.595 e. The van der Waals surface area contributed by atoms with Crippen LogP contribution in [0.1, 0.15) is 11.1 Å². The summed E-state index contributed by atoms with van der Waals surface area (Å²) in [6.07, 6.45) is 0. The van der Waals surface area contributed by atoms with Gasteiger partial charge in [-0.25, -0.2) is 9.60 Å². The zero-order chi connectivity index (χ0) is 20.0. The molecule has 0 amide bonds. The molecule has 0 aromatic heterocycles. The Kier molecular flexibility index (Phi) is 7.95. The fraction of sp³-hybridized carbons (Fsp3) is 0.125. The van der Waals surface area contributed by atoms with Gasteiger partial charge in [0.05, 0.1) is 0 Å². The summed E-state index contributed by atoms with van der Waals surface area (Å²) in [7, 11) is 0. The van der Waals surface area contributed by atoms with E-state index in [1.165, 1.54) is 30.0 Å². The molecule has 144 valence electrons. The van der Waals surface area contributed by atoms with E-state index in [-0.39, 0.29) is 21.8 Å². The Morgan fingerprint density at radius 2 is 1.52 bits per heavy atom. The molecule has 2 aromatic carbocycles. The number of rotatable bonds is 7. The number of hydrogen-bond acceptors (Lipinski definition) is 7. The minimum Gasteiger partial charge on any atom is -0.595 e. The van der Waals surface area contributed by atoms with Crippen LogP contribution in [0.25, 0.3) is 0 Å². The van der Waals surface area contributed by atoms with Gasteiger partial charge < -0.3 is 16.7 Å². The van der Waals surface area contributed by atoms with Gasteiger partial charge in [0.25, 0.3) is 0 Å². The minimum atomic E-state index is -1.04. The molecule has 0 saturated carbocycles. The second kappa shape index (κ2) is 9.97. The molecule has 27 heavy (non-hydrogen) atoms. The van der Waals surface area contributed by atoms with Crippen molar-refractivity contribution in [2.45, 2.75) is 21.3 Å². The Morgan fingerprint density at radius 1 is 1.00 bits per heavy atom. The molecule has 0 fully saturated rings. The van der Waals surface area contributed by atoms with Crippen LogP contribution < -0.4 is 16.7 Å². The maximum Gasteiger partial charge on any atom is 0.164 e. The van der Waals surface area contributed by atoms with Crippen molar-refractivity contribution in [3.63, 3.8) is 0 Å². The quantitative estimate of drug-likeness (QED) is 0.226. The Labute approximate surface area is 168 Å². The van der Waals surface area contributed by atoms with Gasteiger partial charge in [-0.1, -0.05) is 35.3 Å². The summed E-state index contributed by atoms with van der Waals surface area (Å²) in [5, 5.41) is 34.0. The van der Waals surface area contributed by atoms with Crippen LogP contribution in [0.4, 0.5) is 10.1 Å². The molecule has 0 aliphatic carbocycles. The smallest absolute Gasteiger partial charge is 0.164 e. The van der Waals surface area contributed by atoms with E-state index in [1.807, 2.05) is 0 Å². The maximum absolute atomic E-state index is 13.6. The highest BCUT2D eigenvalue weighted by Gasteiger charge is 2.13. The Balaban J connectivity index is 2.35. The predicted molar refractivity (Wildman–Crippen MR) is 109 cm³/mol. The normalized spacial score (nSPS) is 12.0. The lowest BCUT2D eigenvalue weighted by atomic mass is 10.2. The number of nitrogens with one attached hydrogen (secondary N) is 3. The van der Waals surface area contributed by atoms with Crippen LogP contribution in [0.3, 0.4) is 0 Å². The van der Waals surface area contributed by atoms with E-state index in [4.69, 9.17) is 22.3 Å². The van der Waals surface area contributed by atoms with Crippen LogP contribution in [-0.4, -0.2) is 15.5 Å². The number of halogens is 1. The Morgan fingerprint density at radius 3 is 2.04 bits per heavy atom. The molecule has 7 nitrogen and oxygen atoms in total. The highest BCUT2D eigenvalue weighted by atomic mass is 32.2. The van der Waals surface area contributed by atoms with Gasteiger partial charge in [0.15, 0.2) is 16.0 Å². The van der Waals surface area contributed by atoms with E-state index < -0.39 is 5.23 Å². The lowest BCUT2D eigenvalue weighted by Crippen LogP contribution is -2.99. The molecule has 0 heterocycles. The number of hydrogen-bond donors (Lipinski definition) is 6. The van der Waals surface area contributed by atoms with Crippen molar-refractivity contribution in [3.8, 4) is 0 Å². The molecule has 8 N–H and O–H groups in total. The van der Waals surface area contributed by atoms with Gasteiger partial charge in [-0.15, -0.1) is 0 Å². The van der Waals surface area contributed by atoms with Gasteiger partial charge in [0, 0.05) is 33.4 Å². The zero-order valence-electron chi connectivity index (χ0n) is 14.0. The number of quaternary nitrogens is 1. The third-order valence-corrected chi connectivity index (χ3v) is 6.09. The minimum absolute atomic E-state index is 0.0560. The molecular weight excluding hydrogens is 409 g/mol. The molecule has 1 atom stereocenters. The lowest BCUT2D eigenvalue weighted by molar-refractivity contribution is -0.991. The van der Waals surface area contributed by atoms with Crippen LogP contribution in [0.2, 0.25) is 0 Å². The van der Waals surface area contributed by atoms with Crippen LogP contribution in [0, 0.1) is 21.8 Å². The van der Waals surface area contributed by atoms with Crippen molar-refractivity contribution in [3.05, 3.63) is 58.5 Å². The van der Waals surface area contributed by atoms with E-state index in [9.17, 15) is 14.8 Å². The van der Waals surface area contributed by atoms with E-state index in [0.717, 1.165) is 38.9 Å². The summed E-state index contributed by atoms with van der Waals surface area (Å²) in [6.45, 7) is 0. The highest BCUT2D eigenvalue weighted by Crippen LogP contribution is 2.36. The molecule has 0 saturated heterocycles. The topological polar surface area (TPSA) is 147 Å². The molecule has 11 heteroatoms. The third-order valence-electron chi connectivity index (χ3n) is 3.32. The summed E-state index contributed by atoms with van der Waals surface area (Å²) < 4.78 is 13.6. The van der Waals surface area contributed by atoms with Crippen LogP contribution in [0.5, 0.6) is 0 Å². The molecule has 2 aromatic rings. The van der Waals surface area contributed by atoms with Gasteiger partial charge in [-0.3, -0.25) is 10.8 Å². The first-order valence-corrected chi connectivity index (χ1v) is 10.3. The van der Waals surface area contributed by atoms with Gasteiger partial charge in [-0.2, -0.15) is 5.23 Å². The second-order valence-electron chi connectivity index (χ2n) is 5.29. The first-order valence-electron chi connectivity index (χ1n) is 7.52. The fourth-order valence-electron chi connectivity index (χ4n) is 2.11. The molecule has 0 spiro atoms. The summed E-state index contributed by atoms with van der Waals surface area (Å²) in [5.41, 5.74) is 12.3. The molecule has 0 aliphatic rings. The lowest BCUT2D eigenvalue weighted by Gasteiger charge is -2.16. The van der Waals surface area contributed by atoms with Crippen molar-refractivity contribution in [1.29, 1.82) is 10.8 Å². The summed E-state index contributed by atoms with van der Waals surface area (Å²) in [4.78, 5) is 1.57. The zero-order valence-corrected chi connectivity index (χ0v) is 16.4. The van der Waals surface area contributed by atoms with Crippen LogP contribution in [0.15, 0.2) is 46.2 Å². The van der Waals surface area contributed by atoms with Crippen molar-refractivity contribution in [2.24, 2.45) is 11.5 Å². The van der Waals surface area contributed by atoms with Crippen LogP contribution >= 0.6 is 35.3 Å². The van der Waals surface area contributed by atoms with E-state index >= 15 is 0 Å². The third kappa shape index (κ3) is 6.72. The average molecular weight is 428 g/mol. The van der Waals surface area contributed by atoms with Gasteiger partial charge in [0.1, 0.15) is 5.82 Å². The predicted octanol–water partition coefficient (Wildman–Crippen LogP) is 2.63. The van der Waals surface area contributed by atoms with E-state index in [1.54, 1.807) is 18.2 Å². The van der Waals surface area contributed by atoms with Crippen LogP contribution in [-0.2, 0) is 11.5 Å². The van der Waals surface area contributed by atoms with Crippen molar-refractivity contribution in [2.75, 3.05) is 0 Å². The molecular formula is C16H18FN5O2S3. The molecule has 0 bridgehead atoms. The van der Waals surface area contributed by atoms with Crippen molar-refractivity contribution >= 4 is 51.3 Å². The van der Waals surface area contributed by atoms with E-state index in [2.05, 4.69) is 0 Å². The number of benzene rings is 2. The van der Waals surface area contributed by atoms with Gasteiger partial charge >= 0.3 is 0 Å². The summed E-state index contributed by atoms with van der Waals surface area (Å²) in [5.74, 6) is 0.310. The SMILES string of the molecule is N=C(N)SCc1cc(F)ccc1Sc1ccc([NH+]([O-])O)cc1CSC(=N)N. The number of thioether (sulfide) groups is 2. The molecule has 2 rings (SSSR count). The van der Waals surface area contributed by atoms with Gasteiger partial charge in [0.2, 0.25) is 0 Å². The first-order chi connectivity index (χ1) is 12.8. The molecule has 0 aliphatic heterocycles. The summed E-state index contributed by atoms with van der Waals surface area (Å²) >= 11 is 3.56. The average Bonchev–Trinajstić information content (AvgIpc) is 2.60. The second-order valence-corrected chi connectivity index (χ2v) is 8.41. The maximum atomic E-state index is 13.6. The molecule has 0 radical (unpaired) electrons. The van der Waals surface area contributed by atoms with Gasteiger partial charge in [-0.05, 0) is 35.4 Å². The Bertz CT molecular complexity index is 851. The first kappa shape index (κ1) is 21.5.